The van der Waals surface area contributed by atoms with Crippen LogP contribution in [-0.4, -0.2) is 27.2 Å². The molecule has 0 unspecified atom stereocenters. The maximum atomic E-state index is 5.54. The van der Waals surface area contributed by atoms with Crippen LogP contribution in [0.1, 0.15) is 5.89 Å². The van der Waals surface area contributed by atoms with Gasteiger partial charge in [0.1, 0.15) is 5.65 Å². The van der Waals surface area contributed by atoms with Crippen LogP contribution in [0.2, 0.25) is 0 Å². The zero-order chi connectivity index (χ0) is 11.7. The van der Waals surface area contributed by atoms with E-state index in [-0.39, 0.29) is 0 Å². The molecule has 3 aromatic heterocycles. The summed E-state index contributed by atoms with van der Waals surface area (Å²) in [5.74, 6) is 1.08. The standard InChI is InChI=1S/C11H11N5O/c1-12-6-9-15-16-11(17-9)8-5-14-10-7(8)3-2-4-13-10/h2-5,12H,6H2,1H3,(H,13,14). The van der Waals surface area contributed by atoms with E-state index in [2.05, 4.69) is 25.5 Å². The van der Waals surface area contributed by atoms with E-state index >= 15 is 0 Å². The second-order valence-corrected chi connectivity index (χ2v) is 3.63. The normalized spacial score (nSPS) is 11.1. The Morgan fingerprint density at radius 2 is 2.35 bits per heavy atom. The van der Waals surface area contributed by atoms with Crippen molar-refractivity contribution in [2.75, 3.05) is 7.05 Å². The van der Waals surface area contributed by atoms with Crippen molar-refractivity contribution >= 4 is 11.0 Å². The summed E-state index contributed by atoms with van der Waals surface area (Å²) in [4.78, 5) is 7.29. The first-order chi connectivity index (χ1) is 8.38. The topological polar surface area (TPSA) is 79.6 Å². The molecule has 3 rings (SSSR count). The molecule has 0 radical (unpaired) electrons. The first-order valence-corrected chi connectivity index (χ1v) is 5.28. The summed E-state index contributed by atoms with van der Waals surface area (Å²) in [7, 11) is 1.83. The first-order valence-electron chi connectivity index (χ1n) is 5.28. The molecule has 0 atom stereocenters. The van der Waals surface area contributed by atoms with Crippen LogP contribution < -0.4 is 5.32 Å². The van der Waals surface area contributed by atoms with Gasteiger partial charge in [0.2, 0.25) is 11.8 Å². The lowest BCUT2D eigenvalue weighted by Gasteiger charge is -1.92. The Bertz CT molecular complexity index is 642. The molecule has 6 heteroatoms. The van der Waals surface area contributed by atoms with Gasteiger partial charge in [0.15, 0.2) is 0 Å². The van der Waals surface area contributed by atoms with Gasteiger partial charge in [-0.3, -0.25) is 0 Å². The van der Waals surface area contributed by atoms with Crippen molar-refractivity contribution in [1.82, 2.24) is 25.5 Å². The summed E-state index contributed by atoms with van der Waals surface area (Å²) in [6, 6.07) is 3.85. The van der Waals surface area contributed by atoms with E-state index in [1.165, 1.54) is 0 Å². The van der Waals surface area contributed by atoms with Gasteiger partial charge in [0, 0.05) is 17.8 Å². The number of nitrogens with zero attached hydrogens (tertiary/aromatic N) is 3. The van der Waals surface area contributed by atoms with Crippen molar-refractivity contribution < 1.29 is 4.42 Å². The van der Waals surface area contributed by atoms with Gasteiger partial charge in [-0.2, -0.15) is 0 Å². The third kappa shape index (κ3) is 1.68. The van der Waals surface area contributed by atoms with Gasteiger partial charge in [-0.25, -0.2) is 4.98 Å². The van der Waals surface area contributed by atoms with Crippen LogP contribution in [0.5, 0.6) is 0 Å². The number of fused-ring (bicyclic) bond motifs is 1. The van der Waals surface area contributed by atoms with Crippen LogP contribution >= 0.6 is 0 Å². The summed E-state index contributed by atoms with van der Waals surface area (Å²) >= 11 is 0. The maximum absolute atomic E-state index is 5.54. The molecule has 17 heavy (non-hydrogen) atoms. The van der Waals surface area contributed by atoms with Crippen LogP contribution in [0.15, 0.2) is 28.9 Å². The van der Waals surface area contributed by atoms with Gasteiger partial charge >= 0.3 is 0 Å². The van der Waals surface area contributed by atoms with Gasteiger partial charge < -0.3 is 14.7 Å². The number of H-pyrrole nitrogens is 1. The molecule has 3 heterocycles. The van der Waals surface area contributed by atoms with Crippen molar-refractivity contribution in [1.29, 1.82) is 0 Å². The van der Waals surface area contributed by atoms with Crippen LogP contribution in [0, 0.1) is 0 Å². The second kappa shape index (κ2) is 3.99. The Kier molecular flexibility index (Phi) is 2.34. The Hall–Kier alpha value is -2.21. The highest BCUT2D eigenvalue weighted by molar-refractivity contribution is 5.90. The van der Waals surface area contributed by atoms with Gasteiger partial charge in [0.25, 0.3) is 0 Å². The lowest BCUT2D eigenvalue weighted by Crippen LogP contribution is -2.04. The summed E-state index contributed by atoms with van der Waals surface area (Å²) in [6.07, 6.45) is 3.57. The Morgan fingerprint density at radius 1 is 1.41 bits per heavy atom. The van der Waals surface area contributed by atoms with E-state index in [0.29, 0.717) is 18.3 Å². The van der Waals surface area contributed by atoms with Crippen molar-refractivity contribution in [2.45, 2.75) is 6.54 Å². The Morgan fingerprint density at radius 3 is 3.24 bits per heavy atom. The first kappa shape index (κ1) is 9.98. The molecule has 0 aliphatic heterocycles. The number of nitrogens with one attached hydrogen (secondary N) is 2. The molecule has 0 aromatic carbocycles. The molecule has 0 aliphatic carbocycles. The van der Waals surface area contributed by atoms with Crippen molar-refractivity contribution in [3.05, 3.63) is 30.4 Å². The zero-order valence-electron chi connectivity index (χ0n) is 9.27. The Balaban J connectivity index is 2.07. The van der Waals surface area contributed by atoms with Crippen LogP contribution in [0.25, 0.3) is 22.5 Å². The smallest absolute Gasteiger partial charge is 0.250 e. The molecule has 0 fully saturated rings. The fourth-order valence-corrected chi connectivity index (χ4v) is 1.72. The predicted octanol–water partition coefficient (Wildman–Crippen LogP) is 1.33. The van der Waals surface area contributed by atoms with Crippen LogP contribution in [0.3, 0.4) is 0 Å². The van der Waals surface area contributed by atoms with E-state index in [1.54, 1.807) is 6.20 Å². The quantitative estimate of drug-likeness (QED) is 0.708. The fourth-order valence-electron chi connectivity index (χ4n) is 1.72. The number of pyridine rings is 1. The molecular formula is C11H11N5O. The number of rotatable bonds is 3. The number of aromatic nitrogens is 4. The molecule has 3 aromatic rings. The molecule has 0 amide bonds. The SMILES string of the molecule is CNCc1nnc(-c2c[nH]c3ncccc23)o1. The van der Waals surface area contributed by atoms with Gasteiger partial charge in [-0.15, -0.1) is 10.2 Å². The van der Waals surface area contributed by atoms with Crippen LogP contribution in [0.4, 0.5) is 0 Å². The minimum atomic E-state index is 0.509. The van der Waals surface area contributed by atoms with E-state index in [4.69, 9.17) is 4.42 Å². The molecule has 86 valence electrons. The number of hydrogen-bond acceptors (Lipinski definition) is 5. The van der Waals surface area contributed by atoms with Crippen molar-refractivity contribution in [2.24, 2.45) is 0 Å². The predicted molar refractivity (Wildman–Crippen MR) is 62.1 cm³/mol. The largest absolute Gasteiger partial charge is 0.419 e. The minimum Gasteiger partial charge on any atom is -0.419 e. The summed E-state index contributed by atoms with van der Waals surface area (Å²) < 4.78 is 5.54. The van der Waals surface area contributed by atoms with Crippen molar-refractivity contribution in [3.8, 4) is 11.5 Å². The summed E-state index contributed by atoms with van der Waals surface area (Å²) in [6.45, 7) is 0.563. The highest BCUT2D eigenvalue weighted by Crippen LogP contribution is 2.26. The average molecular weight is 229 g/mol. The van der Waals surface area contributed by atoms with Crippen molar-refractivity contribution in [3.63, 3.8) is 0 Å². The van der Waals surface area contributed by atoms with E-state index in [0.717, 1.165) is 16.6 Å². The van der Waals surface area contributed by atoms with Gasteiger partial charge in [0.05, 0.1) is 12.1 Å². The molecule has 0 spiro atoms. The second-order valence-electron chi connectivity index (χ2n) is 3.63. The third-order valence-electron chi connectivity index (χ3n) is 2.48. The molecule has 0 bridgehead atoms. The fraction of sp³-hybridized carbons (Fsp3) is 0.182. The molecule has 6 nitrogen and oxygen atoms in total. The number of aromatic amines is 1. The summed E-state index contributed by atoms with van der Waals surface area (Å²) in [5, 5.41) is 11.9. The van der Waals surface area contributed by atoms with E-state index < -0.39 is 0 Å². The lowest BCUT2D eigenvalue weighted by atomic mass is 10.2. The zero-order valence-corrected chi connectivity index (χ0v) is 9.27. The van der Waals surface area contributed by atoms with E-state index in [9.17, 15) is 0 Å². The lowest BCUT2D eigenvalue weighted by molar-refractivity contribution is 0.491. The van der Waals surface area contributed by atoms with Gasteiger partial charge in [-0.1, -0.05) is 0 Å². The molecular weight excluding hydrogens is 218 g/mol. The molecule has 0 saturated carbocycles. The monoisotopic (exact) mass is 229 g/mol. The van der Waals surface area contributed by atoms with E-state index in [1.807, 2.05) is 25.4 Å². The molecule has 2 N–H and O–H groups in total. The highest BCUT2D eigenvalue weighted by Gasteiger charge is 2.12. The van der Waals surface area contributed by atoms with Crippen LogP contribution in [-0.2, 0) is 6.54 Å². The molecule has 0 saturated heterocycles. The average Bonchev–Trinajstić information content (AvgIpc) is 2.95. The number of hydrogen-bond donors (Lipinski definition) is 2. The summed E-state index contributed by atoms with van der Waals surface area (Å²) in [5.41, 5.74) is 1.69. The third-order valence-corrected chi connectivity index (χ3v) is 2.48. The van der Waals surface area contributed by atoms with Gasteiger partial charge in [-0.05, 0) is 19.2 Å². The maximum Gasteiger partial charge on any atom is 0.250 e. The minimum absolute atomic E-state index is 0.509. The Labute approximate surface area is 97.1 Å². The highest BCUT2D eigenvalue weighted by atomic mass is 16.4. The molecule has 0 aliphatic rings.